The molecule has 0 radical (unpaired) electrons. The second kappa shape index (κ2) is 5.95. The van der Waals surface area contributed by atoms with Crippen LogP contribution < -0.4 is 5.32 Å². The maximum absolute atomic E-state index is 3.71. The molecule has 5 aromatic rings. The van der Waals surface area contributed by atoms with Gasteiger partial charge >= 0.3 is 0 Å². The topological polar surface area (TPSA) is 12.0 Å². The summed E-state index contributed by atoms with van der Waals surface area (Å²) in [5, 5.41) is 7.78. The summed E-state index contributed by atoms with van der Waals surface area (Å²) >= 11 is 3.77. The first-order valence-corrected chi connectivity index (χ1v) is 10.9. The molecule has 1 aliphatic carbocycles. The van der Waals surface area contributed by atoms with Crippen molar-refractivity contribution in [2.45, 2.75) is 12.8 Å². The van der Waals surface area contributed by atoms with E-state index in [2.05, 4.69) is 78.1 Å². The third kappa shape index (κ3) is 2.43. The van der Waals surface area contributed by atoms with E-state index in [4.69, 9.17) is 0 Å². The van der Waals surface area contributed by atoms with Crippen LogP contribution in [0.1, 0.15) is 16.9 Å². The standard InChI is InChI=1S/C24H17NS2/c1-3-9-20-16(6-1)18-14-15(12-13-22(18)26-20)25-19-8-5-11-23-24(19)17-7-2-4-10-21(17)27-23/h2-5,7-14,25H,1,6H2. The third-order valence-corrected chi connectivity index (χ3v) is 7.65. The molecule has 0 unspecified atom stereocenters. The Morgan fingerprint density at radius 2 is 1.67 bits per heavy atom. The molecule has 0 bridgehead atoms. The fourth-order valence-electron chi connectivity index (χ4n) is 4.09. The number of hydrogen-bond donors (Lipinski definition) is 1. The smallest absolute Gasteiger partial charge is 0.0478 e. The normalized spacial score (nSPS) is 13.5. The number of hydrogen-bond acceptors (Lipinski definition) is 3. The van der Waals surface area contributed by atoms with Crippen LogP contribution in [0.4, 0.5) is 11.4 Å². The maximum atomic E-state index is 3.71. The van der Waals surface area contributed by atoms with Gasteiger partial charge in [0.05, 0.1) is 0 Å². The summed E-state index contributed by atoms with van der Waals surface area (Å²) < 4.78 is 4.06. The summed E-state index contributed by atoms with van der Waals surface area (Å²) in [4.78, 5) is 1.43. The van der Waals surface area contributed by atoms with Crippen molar-refractivity contribution in [3.63, 3.8) is 0 Å². The average molecular weight is 384 g/mol. The third-order valence-electron chi connectivity index (χ3n) is 5.33. The Morgan fingerprint density at radius 3 is 2.67 bits per heavy atom. The van der Waals surface area contributed by atoms with E-state index in [1.807, 2.05) is 22.7 Å². The molecular weight excluding hydrogens is 366 g/mol. The highest BCUT2D eigenvalue weighted by Gasteiger charge is 2.14. The minimum Gasteiger partial charge on any atom is -0.355 e. The molecule has 130 valence electrons. The van der Waals surface area contributed by atoms with Gasteiger partial charge in [-0.2, -0.15) is 0 Å². The van der Waals surface area contributed by atoms with Crippen molar-refractivity contribution in [3.8, 4) is 0 Å². The quantitative estimate of drug-likeness (QED) is 0.326. The fraction of sp³-hybridized carbons (Fsp3) is 0.0833. The highest BCUT2D eigenvalue weighted by atomic mass is 32.1. The predicted molar refractivity (Wildman–Crippen MR) is 122 cm³/mol. The van der Waals surface area contributed by atoms with Gasteiger partial charge in [0.15, 0.2) is 0 Å². The Morgan fingerprint density at radius 1 is 0.778 bits per heavy atom. The number of benzene rings is 3. The molecule has 6 rings (SSSR count). The minimum absolute atomic E-state index is 1.15. The minimum atomic E-state index is 1.15. The first-order valence-electron chi connectivity index (χ1n) is 9.26. The van der Waals surface area contributed by atoms with Gasteiger partial charge in [0, 0.05) is 41.1 Å². The number of allylic oxidation sites excluding steroid dienone is 1. The van der Waals surface area contributed by atoms with E-state index in [1.54, 1.807) is 0 Å². The Balaban J connectivity index is 1.50. The van der Waals surface area contributed by atoms with E-state index in [0.29, 0.717) is 0 Å². The van der Waals surface area contributed by atoms with Gasteiger partial charge in [0.1, 0.15) is 0 Å². The van der Waals surface area contributed by atoms with Gasteiger partial charge < -0.3 is 5.32 Å². The van der Waals surface area contributed by atoms with Crippen molar-refractivity contribution in [2.24, 2.45) is 0 Å². The Hall–Kier alpha value is -2.62. The van der Waals surface area contributed by atoms with Crippen molar-refractivity contribution in [1.29, 1.82) is 0 Å². The van der Waals surface area contributed by atoms with Crippen molar-refractivity contribution in [1.82, 2.24) is 0 Å². The SMILES string of the molecule is C1=Cc2sc3ccc(Nc4cccc5sc6ccccc6c45)cc3c2CC1. The molecule has 27 heavy (non-hydrogen) atoms. The highest BCUT2D eigenvalue weighted by Crippen LogP contribution is 2.40. The fourth-order valence-corrected chi connectivity index (χ4v) is 6.39. The summed E-state index contributed by atoms with van der Waals surface area (Å²) in [6, 6.07) is 22.0. The predicted octanol–water partition coefficient (Wildman–Crippen LogP) is 7.97. The molecule has 0 atom stereocenters. The molecular formula is C24H17NS2. The number of anilines is 2. The lowest BCUT2D eigenvalue weighted by molar-refractivity contribution is 1.01. The molecule has 0 spiro atoms. The zero-order valence-corrected chi connectivity index (χ0v) is 16.3. The number of nitrogens with one attached hydrogen (secondary N) is 1. The van der Waals surface area contributed by atoms with Gasteiger partial charge in [-0.15, -0.1) is 22.7 Å². The lowest BCUT2D eigenvalue weighted by atomic mass is 10.0. The Bertz CT molecular complexity index is 1350. The average Bonchev–Trinajstić information content (AvgIpc) is 3.26. The van der Waals surface area contributed by atoms with Crippen molar-refractivity contribution in [3.05, 3.63) is 77.2 Å². The van der Waals surface area contributed by atoms with Gasteiger partial charge in [0.25, 0.3) is 0 Å². The molecule has 0 amide bonds. The number of rotatable bonds is 2. The van der Waals surface area contributed by atoms with E-state index in [1.165, 1.54) is 52.1 Å². The molecule has 0 saturated carbocycles. The van der Waals surface area contributed by atoms with Gasteiger partial charge in [0.2, 0.25) is 0 Å². The Labute approximate surface area is 165 Å². The lowest BCUT2D eigenvalue weighted by Crippen LogP contribution is -1.92. The van der Waals surface area contributed by atoms with E-state index in [-0.39, 0.29) is 0 Å². The molecule has 3 aromatic carbocycles. The van der Waals surface area contributed by atoms with Crippen LogP contribution in [0.25, 0.3) is 36.3 Å². The van der Waals surface area contributed by atoms with Crippen molar-refractivity contribution < 1.29 is 0 Å². The maximum Gasteiger partial charge on any atom is 0.0478 e. The summed E-state index contributed by atoms with van der Waals surface area (Å²) in [6.07, 6.45) is 6.88. The summed E-state index contributed by atoms with van der Waals surface area (Å²) in [5.41, 5.74) is 3.87. The second-order valence-electron chi connectivity index (χ2n) is 7.00. The van der Waals surface area contributed by atoms with Gasteiger partial charge in [-0.05, 0) is 66.3 Å². The zero-order chi connectivity index (χ0) is 17.8. The molecule has 0 aliphatic heterocycles. The Kier molecular flexibility index (Phi) is 3.40. The highest BCUT2D eigenvalue weighted by molar-refractivity contribution is 7.26. The number of aryl methyl sites for hydroxylation is 1. The van der Waals surface area contributed by atoms with Crippen LogP contribution in [0.2, 0.25) is 0 Å². The number of thiophene rings is 2. The van der Waals surface area contributed by atoms with Crippen LogP contribution in [-0.2, 0) is 6.42 Å². The first-order chi connectivity index (χ1) is 13.4. The monoisotopic (exact) mass is 383 g/mol. The van der Waals surface area contributed by atoms with Gasteiger partial charge in [-0.3, -0.25) is 0 Å². The molecule has 0 fully saturated rings. The van der Waals surface area contributed by atoms with Crippen LogP contribution >= 0.6 is 22.7 Å². The number of fused-ring (bicyclic) bond motifs is 6. The van der Waals surface area contributed by atoms with Crippen LogP contribution in [0.15, 0.2) is 66.7 Å². The molecule has 3 heteroatoms. The molecule has 2 heterocycles. The van der Waals surface area contributed by atoms with E-state index >= 15 is 0 Å². The van der Waals surface area contributed by atoms with Crippen LogP contribution in [-0.4, -0.2) is 0 Å². The van der Waals surface area contributed by atoms with Crippen LogP contribution in [0.5, 0.6) is 0 Å². The summed E-state index contributed by atoms with van der Waals surface area (Å²) in [5.74, 6) is 0. The lowest BCUT2D eigenvalue weighted by Gasteiger charge is -2.10. The van der Waals surface area contributed by atoms with Gasteiger partial charge in [-0.25, -0.2) is 0 Å². The van der Waals surface area contributed by atoms with Crippen molar-refractivity contribution >= 4 is 70.4 Å². The second-order valence-corrected chi connectivity index (χ2v) is 9.17. The molecule has 1 N–H and O–H groups in total. The molecule has 2 aromatic heterocycles. The zero-order valence-electron chi connectivity index (χ0n) is 14.7. The van der Waals surface area contributed by atoms with E-state index < -0.39 is 0 Å². The van der Waals surface area contributed by atoms with Crippen LogP contribution in [0.3, 0.4) is 0 Å². The molecule has 1 nitrogen and oxygen atoms in total. The molecule has 0 saturated heterocycles. The largest absolute Gasteiger partial charge is 0.355 e. The van der Waals surface area contributed by atoms with E-state index in [9.17, 15) is 0 Å². The summed E-state index contributed by atoms with van der Waals surface area (Å²) in [6.45, 7) is 0. The molecule has 1 aliphatic rings. The first kappa shape index (κ1) is 15.4. The van der Waals surface area contributed by atoms with E-state index in [0.717, 1.165) is 12.8 Å². The summed E-state index contributed by atoms with van der Waals surface area (Å²) in [7, 11) is 0. The van der Waals surface area contributed by atoms with Crippen molar-refractivity contribution in [2.75, 3.05) is 5.32 Å². The van der Waals surface area contributed by atoms with Gasteiger partial charge in [-0.1, -0.05) is 30.3 Å². The van der Waals surface area contributed by atoms with Crippen LogP contribution in [0, 0.1) is 0 Å².